The lowest BCUT2D eigenvalue weighted by Crippen LogP contribution is -2.32. The molecule has 1 aliphatic rings. The van der Waals surface area contributed by atoms with Gasteiger partial charge >= 0.3 is 0 Å². The monoisotopic (exact) mass is 304 g/mol. The average molecular weight is 304 g/mol. The first kappa shape index (κ1) is 13.3. The van der Waals surface area contributed by atoms with E-state index in [9.17, 15) is 5.21 Å². The van der Waals surface area contributed by atoms with Crippen LogP contribution in [0.5, 0.6) is 0 Å². The molecule has 0 saturated heterocycles. The van der Waals surface area contributed by atoms with E-state index >= 15 is 0 Å². The van der Waals surface area contributed by atoms with Gasteiger partial charge in [0.05, 0.1) is 0 Å². The van der Waals surface area contributed by atoms with Crippen LogP contribution in [0.1, 0.15) is 17.2 Å². The Morgan fingerprint density at radius 3 is 2.35 bits per heavy atom. The average Bonchev–Trinajstić information content (AvgIpc) is 3.09. The highest BCUT2D eigenvalue weighted by Crippen LogP contribution is 2.29. The fourth-order valence-electron chi connectivity index (χ4n) is 2.68. The second kappa shape index (κ2) is 5.45. The first-order valence-corrected chi connectivity index (χ1v) is 7.07. The molecule has 0 aliphatic carbocycles. The van der Waals surface area contributed by atoms with Gasteiger partial charge in [0, 0.05) is 5.56 Å². The molecule has 3 aromatic rings. The molecule has 1 aromatic heterocycles. The number of hydrogen-bond acceptors (Lipinski definition) is 6. The van der Waals surface area contributed by atoms with Crippen molar-refractivity contribution in [3.8, 4) is 0 Å². The number of fused-ring (bicyclic) bond motifs is 1. The third kappa shape index (κ3) is 2.18. The third-order valence-electron chi connectivity index (χ3n) is 3.70. The predicted octanol–water partition coefficient (Wildman–Crippen LogP) is 2.23. The minimum absolute atomic E-state index is 0.380. The van der Waals surface area contributed by atoms with E-state index in [0.717, 1.165) is 11.1 Å². The molecule has 7 nitrogen and oxygen atoms in total. The molecule has 1 unspecified atom stereocenters. The zero-order chi connectivity index (χ0) is 15.6. The molecule has 2 heterocycles. The van der Waals surface area contributed by atoms with Gasteiger partial charge in [-0.3, -0.25) is 0 Å². The van der Waals surface area contributed by atoms with Crippen LogP contribution in [-0.4, -0.2) is 36.8 Å². The van der Waals surface area contributed by atoms with Gasteiger partial charge in [-0.25, -0.2) is 4.99 Å². The van der Waals surface area contributed by atoms with Gasteiger partial charge in [-0.2, -0.15) is 4.68 Å². The summed E-state index contributed by atoms with van der Waals surface area (Å²) in [4.78, 5) is 4.46. The number of aliphatic imine (C=N–C) groups is 1. The largest absolute Gasteiger partial charge is 0.411 e. The van der Waals surface area contributed by atoms with Crippen LogP contribution in [-0.2, 0) is 0 Å². The molecule has 0 fully saturated rings. The molecule has 1 aliphatic heterocycles. The van der Waals surface area contributed by atoms with Gasteiger partial charge < -0.3 is 5.21 Å². The quantitative estimate of drug-likeness (QED) is 0.581. The van der Waals surface area contributed by atoms with Gasteiger partial charge in [-0.05, 0) is 16.0 Å². The van der Waals surface area contributed by atoms with Gasteiger partial charge in [-0.15, -0.1) is 0 Å². The highest BCUT2D eigenvalue weighted by Gasteiger charge is 2.33. The molecule has 7 heteroatoms. The Morgan fingerprint density at radius 1 is 0.957 bits per heavy atom. The molecule has 0 bridgehead atoms. The Labute approximate surface area is 131 Å². The minimum Gasteiger partial charge on any atom is -0.411 e. The Morgan fingerprint density at radius 2 is 1.65 bits per heavy atom. The van der Waals surface area contributed by atoms with Gasteiger partial charge in [0.15, 0.2) is 0 Å². The smallest absolute Gasteiger partial charge is 0.270 e. The molecule has 0 spiro atoms. The number of tetrazole rings is 1. The van der Waals surface area contributed by atoms with E-state index in [-0.39, 0.29) is 0 Å². The number of rotatable bonds is 2. The summed E-state index contributed by atoms with van der Waals surface area (Å²) in [6, 6.07) is 18.8. The van der Waals surface area contributed by atoms with Crippen molar-refractivity contribution >= 4 is 17.4 Å². The maximum absolute atomic E-state index is 9.64. The van der Waals surface area contributed by atoms with E-state index in [1.807, 2.05) is 60.7 Å². The second-order valence-electron chi connectivity index (χ2n) is 5.05. The Balaban J connectivity index is 1.93. The van der Waals surface area contributed by atoms with E-state index in [1.165, 1.54) is 0 Å². The minimum atomic E-state index is -0.432. The lowest BCUT2D eigenvalue weighted by molar-refractivity contribution is 0.316. The molecular weight excluding hydrogens is 292 g/mol. The fraction of sp³-hybridized carbons (Fsp3) is 0.0625. The Hall–Kier alpha value is -3.35. The molecular formula is C16H12N6O. The molecule has 1 N–H and O–H groups in total. The van der Waals surface area contributed by atoms with E-state index < -0.39 is 6.04 Å². The van der Waals surface area contributed by atoms with Crippen molar-refractivity contribution in [2.24, 2.45) is 10.1 Å². The van der Waals surface area contributed by atoms with Crippen LogP contribution in [0.4, 0.5) is 5.95 Å². The molecule has 4 rings (SSSR count). The summed E-state index contributed by atoms with van der Waals surface area (Å²) in [7, 11) is 0. The first-order valence-electron chi connectivity index (χ1n) is 7.07. The summed E-state index contributed by atoms with van der Waals surface area (Å²) < 4.78 is 1.55. The third-order valence-corrected chi connectivity index (χ3v) is 3.70. The van der Waals surface area contributed by atoms with Crippen molar-refractivity contribution in [3.05, 3.63) is 71.8 Å². The van der Waals surface area contributed by atoms with Crippen LogP contribution in [0, 0.1) is 0 Å². The number of hydrogen-bond donors (Lipinski definition) is 1. The van der Waals surface area contributed by atoms with Crippen LogP contribution in [0.15, 0.2) is 70.8 Å². The van der Waals surface area contributed by atoms with Crippen LogP contribution in [0.3, 0.4) is 0 Å². The second-order valence-corrected chi connectivity index (χ2v) is 5.05. The molecule has 112 valence electrons. The molecule has 0 radical (unpaired) electrons. The summed E-state index contributed by atoms with van der Waals surface area (Å²) >= 11 is 0. The lowest BCUT2D eigenvalue weighted by Gasteiger charge is -2.23. The van der Waals surface area contributed by atoms with E-state index in [1.54, 1.807) is 4.68 Å². The summed E-state index contributed by atoms with van der Waals surface area (Å²) in [6.45, 7) is 0. The summed E-state index contributed by atoms with van der Waals surface area (Å²) in [5, 5.41) is 24.8. The predicted molar refractivity (Wildman–Crippen MR) is 84.3 cm³/mol. The summed E-state index contributed by atoms with van der Waals surface area (Å²) in [5.41, 5.74) is 2.72. The van der Waals surface area contributed by atoms with Crippen LogP contribution < -0.4 is 0 Å². The van der Waals surface area contributed by atoms with E-state index in [4.69, 9.17) is 0 Å². The zero-order valence-corrected chi connectivity index (χ0v) is 12.0. The van der Waals surface area contributed by atoms with Crippen molar-refractivity contribution in [2.75, 3.05) is 0 Å². The van der Waals surface area contributed by atoms with Gasteiger partial charge in [0.1, 0.15) is 17.5 Å². The van der Waals surface area contributed by atoms with Crippen molar-refractivity contribution in [2.45, 2.75) is 6.04 Å². The van der Waals surface area contributed by atoms with Crippen molar-refractivity contribution in [3.63, 3.8) is 0 Å². The molecule has 1 atom stereocenters. The van der Waals surface area contributed by atoms with Gasteiger partial charge in [0.2, 0.25) is 0 Å². The van der Waals surface area contributed by atoms with Crippen molar-refractivity contribution in [1.82, 2.24) is 20.2 Å². The van der Waals surface area contributed by atoms with Crippen LogP contribution in [0.25, 0.3) is 0 Å². The zero-order valence-electron chi connectivity index (χ0n) is 12.0. The van der Waals surface area contributed by atoms with Gasteiger partial charge in [-0.1, -0.05) is 70.9 Å². The number of oxime groups is 1. The van der Waals surface area contributed by atoms with Gasteiger partial charge in [0.25, 0.3) is 5.95 Å². The van der Waals surface area contributed by atoms with E-state index in [2.05, 4.69) is 25.7 Å². The van der Waals surface area contributed by atoms with E-state index in [0.29, 0.717) is 17.4 Å². The number of aromatic nitrogens is 4. The standard InChI is InChI=1S/C16H12N6O/c23-19-14-13(11-7-3-1-4-8-11)17-16-18-20-21-22(16)15(14)12-9-5-2-6-10-12/h1-10,15,23H. The topological polar surface area (TPSA) is 88.6 Å². The normalized spacial score (nSPS) is 18.5. The SMILES string of the molecule is ON=C1C(c2ccccc2)=Nc2nnnn2C1c1ccccc1. The number of benzene rings is 2. The summed E-state index contributed by atoms with van der Waals surface area (Å²) in [5.74, 6) is 0.380. The fourth-order valence-corrected chi connectivity index (χ4v) is 2.68. The van der Waals surface area contributed by atoms with Crippen molar-refractivity contribution in [1.29, 1.82) is 0 Å². The van der Waals surface area contributed by atoms with Crippen LogP contribution >= 0.6 is 0 Å². The van der Waals surface area contributed by atoms with Crippen LogP contribution in [0.2, 0.25) is 0 Å². The highest BCUT2D eigenvalue weighted by molar-refractivity contribution is 6.50. The molecule has 2 aromatic carbocycles. The molecule has 0 amide bonds. The number of nitrogens with zero attached hydrogens (tertiary/aromatic N) is 6. The molecule has 23 heavy (non-hydrogen) atoms. The highest BCUT2D eigenvalue weighted by atomic mass is 16.4. The van der Waals surface area contributed by atoms with Crippen molar-refractivity contribution < 1.29 is 5.21 Å². The maximum atomic E-state index is 9.64. The Bertz CT molecular complexity index is 885. The Kier molecular flexibility index (Phi) is 3.16. The maximum Gasteiger partial charge on any atom is 0.270 e. The lowest BCUT2D eigenvalue weighted by atomic mass is 9.94. The summed E-state index contributed by atoms with van der Waals surface area (Å²) in [6.07, 6.45) is 0. The first-order chi connectivity index (χ1) is 11.4. The molecule has 0 saturated carbocycles.